The van der Waals surface area contributed by atoms with E-state index in [1.807, 2.05) is 6.07 Å². The number of alkyl halides is 2. The Morgan fingerprint density at radius 2 is 2.07 bits per heavy atom. The zero-order valence-electron chi connectivity index (χ0n) is 7.15. The minimum Gasteiger partial charge on any atom is -0.435 e. The van der Waals surface area contributed by atoms with Gasteiger partial charge in [-0.1, -0.05) is 6.07 Å². The van der Waals surface area contributed by atoms with Gasteiger partial charge in [0.25, 0.3) is 0 Å². The summed E-state index contributed by atoms with van der Waals surface area (Å²) in [6.07, 6.45) is 1.61. The molecule has 0 fully saturated rings. The van der Waals surface area contributed by atoms with Crippen molar-refractivity contribution < 1.29 is 13.5 Å². The van der Waals surface area contributed by atoms with E-state index >= 15 is 0 Å². The van der Waals surface area contributed by atoms with Crippen molar-refractivity contribution in [3.05, 3.63) is 36.5 Å². The number of halogens is 2. The normalized spacial score (nSPS) is 10.8. The summed E-state index contributed by atoms with van der Waals surface area (Å²) >= 11 is 0. The van der Waals surface area contributed by atoms with Crippen molar-refractivity contribution in [3.8, 4) is 5.75 Å². The average molecular weight is 195 g/mol. The Kier molecular flexibility index (Phi) is 2.26. The zero-order valence-corrected chi connectivity index (χ0v) is 7.15. The molecule has 4 heteroatoms. The Balaban J connectivity index is 2.41. The summed E-state index contributed by atoms with van der Waals surface area (Å²) in [7, 11) is 0. The van der Waals surface area contributed by atoms with Gasteiger partial charge < -0.3 is 4.74 Å². The third-order valence-corrected chi connectivity index (χ3v) is 1.80. The molecule has 0 radical (unpaired) electrons. The van der Waals surface area contributed by atoms with Crippen LogP contribution in [-0.2, 0) is 0 Å². The lowest BCUT2D eigenvalue weighted by molar-refractivity contribution is -0.0497. The van der Waals surface area contributed by atoms with E-state index in [4.69, 9.17) is 0 Å². The molecule has 0 atom stereocenters. The minimum absolute atomic E-state index is 0.131. The van der Waals surface area contributed by atoms with Crippen LogP contribution in [0, 0.1) is 0 Å². The van der Waals surface area contributed by atoms with Gasteiger partial charge in [-0.25, -0.2) is 0 Å². The van der Waals surface area contributed by atoms with E-state index in [0.29, 0.717) is 5.52 Å². The molecule has 0 amide bonds. The Hall–Kier alpha value is -1.71. The van der Waals surface area contributed by atoms with Gasteiger partial charge >= 0.3 is 6.61 Å². The van der Waals surface area contributed by atoms with Gasteiger partial charge in [0.05, 0.1) is 5.52 Å². The van der Waals surface area contributed by atoms with Gasteiger partial charge in [-0.2, -0.15) is 8.78 Å². The lowest BCUT2D eigenvalue weighted by Crippen LogP contribution is -2.01. The van der Waals surface area contributed by atoms with Gasteiger partial charge in [-0.05, 0) is 18.2 Å². The lowest BCUT2D eigenvalue weighted by Gasteiger charge is -2.04. The highest BCUT2D eigenvalue weighted by atomic mass is 19.3. The van der Waals surface area contributed by atoms with E-state index in [-0.39, 0.29) is 5.75 Å². The molecule has 72 valence electrons. The third kappa shape index (κ3) is 1.79. The third-order valence-electron chi connectivity index (χ3n) is 1.80. The van der Waals surface area contributed by atoms with E-state index < -0.39 is 6.61 Å². The molecule has 14 heavy (non-hydrogen) atoms. The number of aromatic nitrogens is 1. The van der Waals surface area contributed by atoms with Crippen LogP contribution in [0.2, 0.25) is 0 Å². The molecular formula is C10H7F2NO. The van der Waals surface area contributed by atoms with Gasteiger partial charge in [0.1, 0.15) is 5.75 Å². The summed E-state index contributed by atoms with van der Waals surface area (Å²) in [6.45, 7) is -2.80. The van der Waals surface area contributed by atoms with Gasteiger partial charge in [0.15, 0.2) is 0 Å². The van der Waals surface area contributed by atoms with Crippen LogP contribution in [-0.4, -0.2) is 11.6 Å². The summed E-state index contributed by atoms with van der Waals surface area (Å²) < 4.78 is 28.0. The molecule has 0 aliphatic rings. The second-order valence-electron chi connectivity index (χ2n) is 2.74. The number of rotatable bonds is 2. The van der Waals surface area contributed by atoms with Crippen molar-refractivity contribution in [2.75, 3.05) is 0 Å². The van der Waals surface area contributed by atoms with Crippen molar-refractivity contribution in [2.24, 2.45) is 0 Å². The summed E-state index contributed by atoms with van der Waals surface area (Å²) in [5, 5.41) is 0.897. The van der Waals surface area contributed by atoms with Crippen LogP contribution in [0.5, 0.6) is 5.75 Å². The van der Waals surface area contributed by atoms with Crippen LogP contribution in [0.25, 0.3) is 10.9 Å². The van der Waals surface area contributed by atoms with Crippen molar-refractivity contribution in [2.45, 2.75) is 6.61 Å². The smallest absolute Gasteiger partial charge is 0.387 e. The largest absolute Gasteiger partial charge is 0.435 e. The van der Waals surface area contributed by atoms with E-state index in [1.165, 1.54) is 12.1 Å². The van der Waals surface area contributed by atoms with Gasteiger partial charge in [-0.15, -0.1) is 0 Å². The molecule has 2 nitrogen and oxygen atoms in total. The summed E-state index contributed by atoms with van der Waals surface area (Å²) in [6, 6.07) is 8.32. The van der Waals surface area contributed by atoms with E-state index in [1.54, 1.807) is 18.3 Å². The van der Waals surface area contributed by atoms with Crippen molar-refractivity contribution >= 4 is 10.9 Å². The van der Waals surface area contributed by atoms with Crippen LogP contribution < -0.4 is 4.74 Å². The molecule has 0 aliphatic carbocycles. The van der Waals surface area contributed by atoms with Crippen LogP contribution in [0.15, 0.2) is 36.5 Å². The Labute approximate surface area is 79.1 Å². The van der Waals surface area contributed by atoms with Crippen molar-refractivity contribution in [1.29, 1.82) is 0 Å². The average Bonchev–Trinajstić information content (AvgIpc) is 2.17. The molecular weight excluding hydrogens is 188 g/mol. The maximum atomic E-state index is 11.9. The first kappa shape index (κ1) is 8.87. The fourth-order valence-corrected chi connectivity index (χ4v) is 1.22. The number of pyridine rings is 1. The fraction of sp³-hybridized carbons (Fsp3) is 0.100. The predicted octanol–water partition coefficient (Wildman–Crippen LogP) is 2.84. The van der Waals surface area contributed by atoms with E-state index in [9.17, 15) is 8.78 Å². The molecule has 0 unspecified atom stereocenters. The Morgan fingerprint density at radius 3 is 2.86 bits per heavy atom. The molecule has 0 saturated heterocycles. The molecule has 0 aliphatic heterocycles. The molecule has 0 saturated carbocycles. The number of nitrogens with zero attached hydrogens (tertiary/aromatic N) is 1. The summed E-state index contributed by atoms with van der Waals surface area (Å²) in [5.74, 6) is 0.131. The SMILES string of the molecule is FC(F)Oc1ccc2cccnc2c1. The number of hydrogen-bond acceptors (Lipinski definition) is 2. The predicted molar refractivity (Wildman–Crippen MR) is 48.4 cm³/mol. The monoisotopic (exact) mass is 195 g/mol. The second kappa shape index (κ2) is 3.57. The summed E-state index contributed by atoms with van der Waals surface area (Å²) in [4.78, 5) is 4.02. The van der Waals surface area contributed by atoms with E-state index in [0.717, 1.165) is 5.39 Å². The molecule has 0 bridgehead atoms. The highest BCUT2D eigenvalue weighted by molar-refractivity contribution is 5.79. The Morgan fingerprint density at radius 1 is 1.21 bits per heavy atom. The maximum Gasteiger partial charge on any atom is 0.387 e. The second-order valence-corrected chi connectivity index (χ2v) is 2.74. The van der Waals surface area contributed by atoms with Gasteiger partial charge in [0.2, 0.25) is 0 Å². The Bertz CT molecular complexity index is 445. The van der Waals surface area contributed by atoms with E-state index in [2.05, 4.69) is 9.72 Å². The number of fused-ring (bicyclic) bond motifs is 1. The fourth-order valence-electron chi connectivity index (χ4n) is 1.22. The number of benzene rings is 1. The molecule has 2 rings (SSSR count). The first-order valence-electron chi connectivity index (χ1n) is 4.05. The van der Waals surface area contributed by atoms with Crippen LogP contribution in [0.1, 0.15) is 0 Å². The molecule has 0 N–H and O–H groups in total. The highest BCUT2D eigenvalue weighted by Gasteiger charge is 2.04. The van der Waals surface area contributed by atoms with Gasteiger partial charge in [0, 0.05) is 17.6 Å². The van der Waals surface area contributed by atoms with Gasteiger partial charge in [-0.3, -0.25) is 4.98 Å². The van der Waals surface area contributed by atoms with Crippen LogP contribution in [0.4, 0.5) is 8.78 Å². The highest BCUT2D eigenvalue weighted by Crippen LogP contribution is 2.20. The lowest BCUT2D eigenvalue weighted by atomic mass is 10.2. The first-order chi connectivity index (χ1) is 6.75. The number of ether oxygens (including phenoxy) is 1. The quantitative estimate of drug-likeness (QED) is 0.735. The molecule has 0 spiro atoms. The van der Waals surface area contributed by atoms with Crippen molar-refractivity contribution in [1.82, 2.24) is 4.98 Å². The molecule has 1 aromatic heterocycles. The zero-order chi connectivity index (χ0) is 9.97. The maximum absolute atomic E-state index is 11.9. The van der Waals surface area contributed by atoms with Crippen LogP contribution in [0.3, 0.4) is 0 Å². The minimum atomic E-state index is -2.80. The van der Waals surface area contributed by atoms with Crippen molar-refractivity contribution in [3.63, 3.8) is 0 Å². The molecule has 1 aromatic carbocycles. The van der Waals surface area contributed by atoms with Crippen LogP contribution >= 0.6 is 0 Å². The topological polar surface area (TPSA) is 22.1 Å². The molecule has 2 aromatic rings. The molecule has 1 heterocycles. The standard InChI is InChI=1S/C10H7F2NO/c11-10(12)14-8-4-3-7-2-1-5-13-9(7)6-8/h1-6,10H. The summed E-state index contributed by atoms with van der Waals surface area (Å²) in [5.41, 5.74) is 0.644. The number of hydrogen-bond donors (Lipinski definition) is 0. The first-order valence-corrected chi connectivity index (χ1v) is 4.05.